The van der Waals surface area contributed by atoms with Gasteiger partial charge in [0.2, 0.25) is 0 Å². The van der Waals surface area contributed by atoms with Crippen molar-refractivity contribution in [2.24, 2.45) is 0 Å². The summed E-state index contributed by atoms with van der Waals surface area (Å²) < 4.78 is 5.38. The van der Waals surface area contributed by atoms with E-state index in [1.165, 1.54) is 4.90 Å². The third-order valence-electron chi connectivity index (χ3n) is 4.14. The van der Waals surface area contributed by atoms with Gasteiger partial charge in [-0.1, -0.05) is 11.6 Å². The van der Waals surface area contributed by atoms with Crippen molar-refractivity contribution < 1.29 is 14.3 Å². The van der Waals surface area contributed by atoms with Gasteiger partial charge in [-0.15, -0.1) is 0 Å². The molecule has 0 bridgehead atoms. The maximum absolute atomic E-state index is 12.5. The maximum atomic E-state index is 12.5. The third-order valence-corrected chi connectivity index (χ3v) is 4.51. The first-order valence-electron chi connectivity index (χ1n) is 7.60. The standard InChI is InChI=1S/C17H18ClNO3/c1-2-22-10-11-9-12(7-8-15(11)18)19-16(20)13-5-3-4-6-14(13)17(19)21/h7-9H,2-6,10H2,1H3. The molecule has 0 atom stereocenters. The number of ether oxygens (including phenoxy) is 1. The lowest BCUT2D eigenvalue weighted by Gasteiger charge is -2.17. The molecule has 0 unspecified atom stereocenters. The number of carbonyl (C=O) groups is 2. The molecule has 0 saturated heterocycles. The average molecular weight is 320 g/mol. The van der Waals surface area contributed by atoms with E-state index in [4.69, 9.17) is 16.3 Å². The summed E-state index contributed by atoms with van der Waals surface area (Å²) in [6.45, 7) is 2.85. The first-order chi connectivity index (χ1) is 10.6. The van der Waals surface area contributed by atoms with Gasteiger partial charge in [-0.05, 0) is 56.4 Å². The van der Waals surface area contributed by atoms with E-state index in [9.17, 15) is 9.59 Å². The van der Waals surface area contributed by atoms with E-state index in [0.717, 1.165) is 18.4 Å². The summed E-state index contributed by atoms with van der Waals surface area (Å²) in [5.74, 6) is -0.353. The van der Waals surface area contributed by atoms with Crippen LogP contribution in [0.5, 0.6) is 0 Å². The van der Waals surface area contributed by atoms with Gasteiger partial charge in [-0.3, -0.25) is 9.59 Å². The smallest absolute Gasteiger partial charge is 0.261 e. The van der Waals surface area contributed by atoms with Crippen LogP contribution >= 0.6 is 11.6 Å². The molecular weight excluding hydrogens is 302 g/mol. The van der Waals surface area contributed by atoms with E-state index < -0.39 is 0 Å². The van der Waals surface area contributed by atoms with Crippen molar-refractivity contribution in [3.05, 3.63) is 39.9 Å². The van der Waals surface area contributed by atoms with Crippen LogP contribution in [0.1, 0.15) is 38.2 Å². The Morgan fingerprint density at radius 3 is 2.36 bits per heavy atom. The van der Waals surface area contributed by atoms with Crippen LogP contribution in [0.15, 0.2) is 29.3 Å². The second kappa shape index (κ2) is 6.23. The Bertz CT molecular complexity index is 638. The molecular formula is C17H18ClNO3. The van der Waals surface area contributed by atoms with Crippen molar-refractivity contribution in [2.75, 3.05) is 11.5 Å². The molecule has 5 heteroatoms. The van der Waals surface area contributed by atoms with Crippen molar-refractivity contribution >= 4 is 29.1 Å². The molecule has 4 nitrogen and oxygen atoms in total. The van der Waals surface area contributed by atoms with E-state index in [-0.39, 0.29) is 11.8 Å². The zero-order valence-corrected chi connectivity index (χ0v) is 13.3. The van der Waals surface area contributed by atoms with Gasteiger partial charge in [0.25, 0.3) is 11.8 Å². The first-order valence-corrected chi connectivity index (χ1v) is 7.98. The molecule has 3 rings (SSSR count). The fraction of sp³-hybridized carbons (Fsp3) is 0.412. The van der Waals surface area contributed by atoms with Crippen LogP contribution in [0.4, 0.5) is 5.69 Å². The van der Waals surface area contributed by atoms with Gasteiger partial charge in [0.1, 0.15) is 0 Å². The topological polar surface area (TPSA) is 46.6 Å². The Morgan fingerprint density at radius 2 is 1.77 bits per heavy atom. The van der Waals surface area contributed by atoms with Crippen LogP contribution in [0.2, 0.25) is 5.02 Å². The van der Waals surface area contributed by atoms with Crippen LogP contribution in [0.25, 0.3) is 0 Å². The fourth-order valence-corrected chi connectivity index (χ4v) is 3.17. The predicted octanol–water partition coefficient (Wildman–Crippen LogP) is 3.62. The Kier molecular flexibility index (Phi) is 4.32. The monoisotopic (exact) mass is 319 g/mol. The lowest BCUT2D eigenvalue weighted by atomic mass is 9.93. The molecule has 116 valence electrons. The molecule has 0 aromatic heterocycles. The van der Waals surface area contributed by atoms with Gasteiger partial charge in [0.05, 0.1) is 12.3 Å². The number of benzene rings is 1. The molecule has 1 heterocycles. The molecule has 2 amide bonds. The number of amides is 2. The van der Waals surface area contributed by atoms with Crippen LogP contribution in [0, 0.1) is 0 Å². The van der Waals surface area contributed by atoms with Gasteiger partial charge >= 0.3 is 0 Å². The van der Waals surface area contributed by atoms with Crippen molar-refractivity contribution in [1.82, 2.24) is 0 Å². The lowest BCUT2D eigenvalue weighted by molar-refractivity contribution is -0.120. The van der Waals surface area contributed by atoms with E-state index >= 15 is 0 Å². The number of imide groups is 1. The maximum Gasteiger partial charge on any atom is 0.261 e. The number of hydrogen-bond donors (Lipinski definition) is 0. The minimum atomic E-state index is -0.176. The summed E-state index contributed by atoms with van der Waals surface area (Å²) in [5, 5.41) is 0.578. The Balaban J connectivity index is 1.92. The molecule has 0 radical (unpaired) electrons. The Morgan fingerprint density at radius 1 is 1.14 bits per heavy atom. The first kappa shape index (κ1) is 15.3. The molecule has 0 saturated carbocycles. The highest BCUT2D eigenvalue weighted by Crippen LogP contribution is 2.36. The van der Waals surface area contributed by atoms with E-state index in [0.29, 0.717) is 47.9 Å². The van der Waals surface area contributed by atoms with Gasteiger partial charge in [0.15, 0.2) is 0 Å². The summed E-state index contributed by atoms with van der Waals surface area (Å²) in [6.07, 6.45) is 3.36. The third kappa shape index (κ3) is 2.57. The number of nitrogens with zero attached hydrogens (tertiary/aromatic N) is 1. The highest BCUT2D eigenvalue weighted by molar-refractivity contribution is 6.34. The molecule has 1 aromatic carbocycles. The van der Waals surface area contributed by atoms with Crippen LogP contribution in [-0.4, -0.2) is 18.4 Å². The molecule has 0 fully saturated rings. The van der Waals surface area contributed by atoms with Crippen LogP contribution < -0.4 is 4.90 Å². The second-order valence-electron chi connectivity index (χ2n) is 5.52. The van der Waals surface area contributed by atoms with Gasteiger partial charge in [0, 0.05) is 22.8 Å². The van der Waals surface area contributed by atoms with E-state index in [1.807, 2.05) is 6.92 Å². The average Bonchev–Trinajstić information content (AvgIpc) is 2.79. The summed E-state index contributed by atoms with van der Waals surface area (Å²) in [5.41, 5.74) is 2.74. The normalized spacial score (nSPS) is 18.2. The summed E-state index contributed by atoms with van der Waals surface area (Å²) in [6, 6.07) is 5.20. The van der Waals surface area contributed by atoms with Crippen molar-refractivity contribution in [1.29, 1.82) is 0 Å². The summed E-state index contributed by atoms with van der Waals surface area (Å²) in [7, 11) is 0. The zero-order chi connectivity index (χ0) is 15.7. The number of halogens is 1. The van der Waals surface area contributed by atoms with Crippen LogP contribution in [0.3, 0.4) is 0 Å². The highest BCUT2D eigenvalue weighted by atomic mass is 35.5. The molecule has 0 N–H and O–H groups in total. The zero-order valence-electron chi connectivity index (χ0n) is 12.5. The molecule has 1 aliphatic carbocycles. The largest absolute Gasteiger partial charge is 0.377 e. The van der Waals surface area contributed by atoms with Gasteiger partial charge in [-0.25, -0.2) is 4.90 Å². The summed E-state index contributed by atoms with van der Waals surface area (Å²) >= 11 is 6.15. The highest BCUT2D eigenvalue weighted by Gasteiger charge is 2.39. The van der Waals surface area contributed by atoms with Crippen molar-refractivity contribution in [2.45, 2.75) is 39.2 Å². The molecule has 1 aromatic rings. The SMILES string of the molecule is CCOCc1cc(N2C(=O)C3=C(CCCC3)C2=O)ccc1Cl. The lowest BCUT2D eigenvalue weighted by Crippen LogP contribution is -2.31. The van der Waals surface area contributed by atoms with E-state index in [1.54, 1.807) is 18.2 Å². The molecule has 2 aliphatic rings. The van der Waals surface area contributed by atoms with Gasteiger partial charge in [-0.2, -0.15) is 0 Å². The van der Waals surface area contributed by atoms with Crippen molar-refractivity contribution in [3.8, 4) is 0 Å². The minimum Gasteiger partial charge on any atom is -0.377 e. The molecule has 1 aliphatic heterocycles. The minimum absolute atomic E-state index is 0.176. The molecule has 22 heavy (non-hydrogen) atoms. The van der Waals surface area contributed by atoms with E-state index in [2.05, 4.69) is 0 Å². The summed E-state index contributed by atoms with van der Waals surface area (Å²) in [4.78, 5) is 26.4. The number of carbonyl (C=O) groups excluding carboxylic acids is 2. The number of anilines is 1. The Labute approximate surface area is 134 Å². The Hall–Kier alpha value is -1.65. The quantitative estimate of drug-likeness (QED) is 0.796. The second-order valence-corrected chi connectivity index (χ2v) is 5.93. The predicted molar refractivity (Wildman–Crippen MR) is 84.8 cm³/mol. The fourth-order valence-electron chi connectivity index (χ4n) is 3.00. The van der Waals surface area contributed by atoms with Gasteiger partial charge < -0.3 is 4.74 Å². The van der Waals surface area contributed by atoms with Crippen LogP contribution in [-0.2, 0) is 20.9 Å². The number of hydrogen-bond acceptors (Lipinski definition) is 3. The molecule has 0 spiro atoms. The number of rotatable bonds is 4. The van der Waals surface area contributed by atoms with Crippen molar-refractivity contribution in [3.63, 3.8) is 0 Å².